The van der Waals surface area contributed by atoms with Gasteiger partial charge >= 0.3 is 0 Å². The fraction of sp³-hybridized carbons (Fsp3) is 0.417. The van der Waals surface area contributed by atoms with Crippen LogP contribution in [0, 0.1) is 18.3 Å². The zero-order valence-electron chi connectivity index (χ0n) is 9.45. The molecule has 0 atom stereocenters. The highest BCUT2D eigenvalue weighted by atomic mass is 16.5. The van der Waals surface area contributed by atoms with Gasteiger partial charge in [0.05, 0.1) is 17.9 Å². The molecule has 1 aromatic carbocycles. The SMILES string of the molecule is COCCN(C)c1ccc(C)cc1C#N. The second kappa shape index (κ2) is 5.38. The van der Waals surface area contributed by atoms with Gasteiger partial charge in [0.1, 0.15) is 6.07 Å². The second-order valence-electron chi connectivity index (χ2n) is 3.55. The van der Waals surface area contributed by atoms with Gasteiger partial charge in [0.25, 0.3) is 0 Å². The number of aryl methyl sites for hydroxylation is 1. The molecule has 0 aliphatic carbocycles. The molecule has 0 spiro atoms. The summed E-state index contributed by atoms with van der Waals surface area (Å²) < 4.78 is 5.01. The summed E-state index contributed by atoms with van der Waals surface area (Å²) in [7, 11) is 3.64. The minimum absolute atomic E-state index is 0.662. The first-order chi connectivity index (χ1) is 7.19. The number of nitrogens with zero attached hydrogens (tertiary/aromatic N) is 2. The molecule has 80 valence electrons. The first-order valence-corrected chi connectivity index (χ1v) is 4.90. The zero-order chi connectivity index (χ0) is 11.3. The largest absolute Gasteiger partial charge is 0.383 e. The van der Waals surface area contributed by atoms with E-state index in [1.54, 1.807) is 7.11 Å². The van der Waals surface area contributed by atoms with E-state index in [1.807, 2.05) is 37.1 Å². The maximum absolute atomic E-state index is 9.01. The Morgan fingerprint density at radius 3 is 2.80 bits per heavy atom. The fourth-order valence-corrected chi connectivity index (χ4v) is 1.42. The molecular formula is C12H16N2O. The van der Waals surface area contributed by atoms with Crippen molar-refractivity contribution in [1.82, 2.24) is 0 Å². The van der Waals surface area contributed by atoms with Crippen molar-refractivity contribution in [2.75, 3.05) is 32.2 Å². The minimum Gasteiger partial charge on any atom is -0.383 e. The van der Waals surface area contributed by atoms with Gasteiger partial charge in [-0.3, -0.25) is 0 Å². The smallest absolute Gasteiger partial charge is 0.101 e. The number of benzene rings is 1. The van der Waals surface area contributed by atoms with E-state index in [2.05, 4.69) is 6.07 Å². The summed E-state index contributed by atoms with van der Waals surface area (Å²) in [5.41, 5.74) is 2.78. The molecule has 1 rings (SSSR count). The van der Waals surface area contributed by atoms with Crippen molar-refractivity contribution in [3.63, 3.8) is 0 Å². The fourth-order valence-electron chi connectivity index (χ4n) is 1.42. The van der Waals surface area contributed by atoms with Crippen molar-refractivity contribution in [1.29, 1.82) is 5.26 Å². The van der Waals surface area contributed by atoms with Crippen molar-refractivity contribution in [2.24, 2.45) is 0 Å². The van der Waals surface area contributed by atoms with Crippen LogP contribution in [0.3, 0.4) is 0 Å². The topological polar surface area (TPSA) is 36.3 Å². The molecule has 1 aromatic rings. The van der Waals surface area contributed by atoms with Crippen LogP contribution in [0.15, 0.2) is 18.2 Å². The molecule has 0 aliphatic heterocycles. The Morgan fingerprint density at radius 1 is 1.47 bits per heavy atom. The second-order valence-corrected chi connectivity index (χ2v) is 3.55. The third-order valence-corrected chi connectivity index (χ3v) is 2.31. The Bertz CT molecular complexity index is 368. The molecule has 0 saturated heterocycles. The van der Waals surface area contributed by atoms with E-state index in [0.717, 1.165) is 17.8 Å². The first-order valence-electron chi connectivity index (χ1n) is 4.90. The number of hydrogen-bond acceptors (Lipinski definition) is 3. The van der Waals surface area contributed by atoms with Crippen molar-refractivity contribution in [3.05, 3.63) is 29.3 Å². The van der Waals surface area contributed by atoms with Gasteiger partial charge in [0, 0.05) is 20.7 Å². The van der Waals surface area contributed by atoms with E-state index < -0.39 is 0 Å². The first kappa shape index (κ1) is 11.5. The van der Waals surface area contributed by atoms with E-state index in [9.17, 15) is 0 Å². The molecule has 0 aliphatic rings. The molecule has 0 saturated carbocycles. The average Bonchev–Trinajstić information content (AvgIpc) is 2.25. The highest BCUT2D eigenvalue weighted by Crippen LogP contribution is 2.19. The van der Waals surface area contributed by atoms with E-state index >= 15 is 0 Å². The predicted octanol–water partition coefficient (Wildman–Crippen LogP) is 1.95. The standard InChI is InChI=1S/C12H16N2O/c1-10-4-5-12(11(8-10)9-13)14(2)6-7-15-3/h4-5,8H,6-7H2,1-3H3. The highest BCUT2D eigenvalue weighted by Gasteiger charge is 2.06. The van der Waals surface area contributed by atoms with E-state index in [0.29, 0.717) is 12.2 Å². The predicted molar refractivity (Wildman–Crippen MR) is 61.0 cm³/mol. The third-order valence-electron chi connectivity index (χ3n) is 2.31. The van der Waals surface area contributed by atoms with Gasteiger partial charge in [-0.1, -0.05) is 6.07 Å². The van der Waals surface area contributed by atoms with Crippen molar-refractivity contribution >= 4 is 5.69 Å². The number of methoxy groups -OCH3 is 1. The summed E-state index contributed by atoms with van der Waals surface area (Å²) >= 11 is 0. The molecule has 3 heteroatoms. The normalized spacial score (nSPS) is 9.73. The van der Waals surface area contributed by atoms with Crippen LogP contribution in [0.1, 0.15) is 11.1 Å². The molecule has 0 fully saturated rings. The number of hydrogen-bond donors (Lipinski definition) is 0. The van der Waals surface area contributed by atoms with Crippen molar-refractivity contribution < 1.29 is 4.74 Å². The van der Waals surface area contributed by atoms with Crippen LogP contribution in [0.4, 0.5) is 5.69 Å². The Morgan fingerprint density at radius 2 is 2.20 bits per heavy atom. The molecular weight excluding hydrogens is 188 g/mol. The summed E-state index contributed by atoms with van der Waals surface area (Å²) in [6.45, 7) is 3.43. The monoisotopic (exact) mass is 204 g/mol. The zero-order valence-corrected chi connectivity index (χ0v) is 9.45. The number of anilines is 1. The molecule has 3 nitrogen and oxygen atoms in total. The van der Waals surface area contributed by atoms with E-state index in [-0.39, 0.29) is 0 Å². The maximum atomic E-state index is 9.01. The summed E-state index contributed by atoms with van der Waals surface area (Å²) in [5.74, 6) is 0. The van der Waals surface area contributed by atoms with Gasteiger partial charge in [-0.2, -0.15) is 5.26 Å². The lowest BCUT2D eigenvalue weighted by Gasteiger charge is -2.20. The average molecular weight is 204 g/mol. The van der Waals surface area contributed by atoms with Crippen LogP contribution < -0.4 is 4.90 Å². The van der Waals surface area contributed by atoms with E-state index in [4.69, 9.17) is 10.00 Å². The van der Waals surface area contributed by atoms with Gasteiger partial charge in [-0.15, -0.1) is 0 Å². The molecule has 0 unspecified atom stereocenters. The highest BCUT2D eigenvalue weighted by molar-refractivity contribution is 5.59. The Kier molecular flexibility index (Phi) is 4.14. The molecule has 0 aromatic heterocycles. The van der Waals surface area contributed by atoms with E-state index in [1.165, 1.54) is 0 Å². The van der Waals surface area contributed by atoms with Crippen LogP contribution in [-0.4, -0.2) is 27.3 Å². The van der Waals surface area contributed by atoms with Crippen LogP contribution >= 0.6 is 0 Å². The Hall–Kier alpha value is -1.53. The molecule has 0 heterocycles. The van der Waals surface area contributed by atoms with Gasteiger partial charge in [0.2, 0.25) is 0 Å². The number of rotatable bonds is 4. The summed E-state index contributed by atoms with van der Waals surface area (Å²) in [6, 6.07) is 8.10. The molecule has 0 radical (unpaired) electrons. The number of likely N-dealkylation sites (N-methyl/N-ethyl adjacent to an activating group) is 1. The number of nitriles is 1. The van der Waals surface area contributed by atoms with Gasteiger partial charge in [0.15, 0.2) is 0 Å². The van der Waals surface area contributed by atoms with Gasteiger partial charge in [-0.05, 0) is 24.6 Å². The quantitative estimate of drug-likeness (QED) is 0.752. The lowest BCUT2D eigenvalue weighted by atomic mass is 10.1. The lowest BCUT2D eigenvalue weighted by Crippen LogP contribution is -2.22. The number of ether oxygens (including phenoxy) is 1. The summed E-state index contributed by atoms with van der Waals surface area (Å²) in [4.78, 5) is 2.03. The molecule has 0 N–H and O–H groups in total. The van der Waals surface area contributed by atoms with Crippen LogP contribution in [0.2, 0.25) is 0 Å². The van der Waals surface area contributed by atoms with Crippen molar-refractivity contribution in [3.8, 4) is 6.07 Å². The Labute approximate surface area is 90.9 Å². The molecule has 0 amide bonds. The summed E-state index contributed by atoms with van der Waals surface area (Å²) in [5, 5.41) is 9.01. The van der Waals surface area contributed by atoms with Crippen LogP contribution in [0.25, 0.3) is 0 Å². The molecule has 15 heavy (non-hydrogen) atoms. The minimum atomic E-state index is 0.662. The van der Waals surface area contributed by atoms with Crippen LogP contribution in [0.5, 0.6) is 0 Å². The maximum Gasteiger partial charge on any atom is 0.101 e. The summed E-state index contributed by atoms with van der Waals surface area (Å²) in [6.07, 6.45) is 0. The lowest BCUT2D eigenvalue weighted by molar-refractivity contribution is 0.206. The van der Waals surface area contributed by atoms with Crippen molar-refractivity contribution in [2.45, 2.75) is 6.92 Å². The van der Waals surface area contributed by atoms with Gasteiger partial charge < -0.3 is 9.64 Å². The Balaban J connectivity index is 2.89. The third kappa shape index (κ3) is 2.97. The molecule has 0 bridgehead atoms. The van der Waals surface area contributed by atoms with Gasteiger partial charge in [-0.25, -0.2) is 0 Å². The van der Waals surface area contributed by atoms with Crippen LogP contribution in [-0.2, 0) is 4.74 Å².